The smallest absolute Gasteiger partial charge is 0.227 e. The summed E-state index contributed by atoms with van der Waals surface area (Å²) in [6, 6.07) is 17.2. The molecule has 28 heavy (non-hydrogen) atoms. The summed E-state index contributed by atoms with van der Waals surface area (Å²) in [6.45, 7) is 3.88. The van der Waals surface area contributed by atoms with Crippen LogP contribution in [0, 0.1) is 5.92 Å². The number of amides is 1. The highest BCUT2D eigenvalue weighted by atomic mass is 32.2. The Morgan fingerprint density at radius 3 is 2.39 bits per heavy atom. The fourth-order valence-corrected chi connectivity index (χ4v) is 4.12. The zero-order valence-electron chi connectivity index (χ0n) is 16.4. The van der Waals surface area contributed by atoms with E-state index in [-0.39, 0.29) is 23.1 Å². The van der Waals surface area contributed by atoms with Gasteiger partial charge in [0.15, 0.2) is 0 Å². The first-order valence-electron chi connectivity index (χ1n) is 9.82. The highest BCUT2D eigenvalue weighted by molar-refractivity contribution is 7.90. The van der Waals surface area contributed by atoms with E-state index < -0.39 is 11.4 Å². The number of rotatable bonds is 7. The highest BCUT2D eigenvalue weighted by Crippen LogP contribution is 2.28. The lowest BCUT2D eigenvalue weighted by Crippen LogP contribution is -2.42. The molecule has 0 spiro atoms. The van der Waals surface area contributed by atoms with Crippen LogP contribution in [0.1, 0.15) is 39.5 Å². The zero-order valence-corrected chi connectivity index (χ0v) is 17.2. The minimum atomic E-state index is -1.01. The minimum absolute atomic E-state index is 0.00997. The van der Waals surface area contributed by atoms with Crippen molar-refractivity contribution in [3.63, 3.8) is 0 Å². The van der Waals surface area contributed by atoms with Gasteiger partial charge < -0.3 is 14.6 Å². The van der Waals surface area contributed by atoms with Gasteiger partial charge in [-0.3, -0.25) is 4.79 Å². The maximum atomic E-state index is 12.6. The quantitative estimate of drug-likeness (QED) is 0.664. The van der Waals surface area contributed by atoms with E-state index in [2.05, 4.69) is 10.0 Å². The lowest BCUT2D eigenvalue weighted by molar-refractivity contribution is -0.120. The van der Waals surface area contributed by atoms with Crippen LogP contribution in [-0.2, 0) is 16.2 Å². The van der Waals surface area contributed by atoms with Gasteiger partial charge in [-0.15, -0.1) is 4.72 Å². The lowest BCUT2D eigenvalue weighted by Gasteiger charge is -2.29. The molecule has 1 fully saturated rings. The van der Waals surface area contributed by atoms with Gasteiger partial charge in [0.2, 0.25) is 5.91 Å². The molecule has 0 heterocycles. The van der Waals surface area contributed by atoms with Gasteiger partial charge >= 0.3 is 0 Å². The van der Waals surface area contributed by atoms with Gasteiger partial charge in [-0.1, -0.05) is 24.3 Å². The molecule has 0 radical (unpaired) electrons. The van der Waals surface area contributed by atoms with Crippen molar-refractivity contribution in [2.24, 2.45) is 5.92 Å². The van der Waals surface area contributed by atoms with E-state index in [1.807, 2.05) is 68.4 Å². The van der Waals surface area contributed by atoms with Crippen molar-refractivity contribution in [3.8, 4) is 11.5 Å². The minimum Gasteiger partial charge on any atom is -0.598 e. The van der Waals surface area contributed by atoms with Crippen molar-refractivity contribution in [2.45, 2.75) is 50.8 Å². The number of benzene rings is 2. The van der Waals surface area contributed by atoms with Gasteiger partial charge in [-0.05, 0) is 63.8 Å². The van der Waals surface area contributed by atoms with E-state index in [1.165, 1.54) is 0 Å². The van der Waals surface area contributed by atoms with Crippen molar-refractivity contribution < 1.29 is 14.1 Å². The first-order chi connectivity index (χ1) is 13.5. The van der Waals surface area contributed by atoms with Gasteiger partial charge in [0.05, 0.1) is 6.04 Å². The zero-order chi connectivity index (χ0) is 19.9. The molecular formula is C22H28N2O3S. The molecule has 0 bridgehead atoms. The molecule has 5 nitrogen and oxygen atoms in total. The second-order valence-corrected chi connectivity index (χ2v) is 9.22. The largest absolute Gasteiger partial charge is 0.598 e. The Labute approximate surface area is 170 Å². The second kappa shape index (κ2) is 9.96. The molecule has 1 aliphatic carbocycles. The Morgan fingerprint density at radius 2 is 1.71 bits per heavy atom. The van der Waals surface area contributed by atoms with Gasteiger partial charge in [-0.25, -0.2) is 0 Å². The summed E-state index contributed by atoms with van der Waals surface area (Å²) in [6.07, 6.45) is 3.35. The third-order valence-corrected chi connectivity index (χ3v) is 6.31. The third-order valence-electron chi connectivity index (χ3n) is 4.89. The van der Waals surface area contributed by atoms with Crippen molar-refractivity contribution in [1.29, 1.82) is 0 Å². The van der Waals surface area contributed by atoms with Crippen LogP contribution in [0.5, 0.6) is 11.5 Å². The van der Waals surface area contributed by atoms with Crippen LogP contribution in [0.25, 0.3) is 0 Å². The molecule has 0 aromatic heterocycles. The van der Waals surface area contributed by atoms with Gasteiger partial charge in [0.1, 0.15) is 16.7 Å². The summed E-state index contributed by atoms with van der Waals surface area (Å²) in [5.74, 6) is 1.48. The average Bonchev–Trinajstić information content (AvgIpc) is 2.69. The lowest BCUT2D eigenvalue weighted by atomic mass is 9.86. The molecule has 1 saturated carbocycles. The Bertz CT molecular complexity index is 761. The number of nitrogens with one attached hydrogen (secondary N) is 2. The molecule has 150 valence electrons. The number of anilines is 1. The van der Waals surface area contributed by atoms with Crippen molar-refractivity contribution >= 4 is 23.0 Å². The number of para-hydroxylation sites is 1. The molecule has 2 N–H and O–H groups in total. The first-order valence-corrected chi connectivity index (χ1v) is 11.0. The molecule has 2 aromatic rings. The topological polar surface area (TPSA) is 73.4 Å². The standard InChI is InChI=1S/C22H28N2O3S/c1-16(2)28(26)24-18-13-11-17(12-14-18)22(25)23-19-7-6-10-21(15-19)27-20-8-4-3-5-9-20/h3-10,15-18,24H,11-14H2,1-2H3,(H,23,25). The number of hydrogen-bond donors (Lipinski definition) is 2. The summed E-state index contributed by atoms with van der Waals surface area (Å²) < 4.78 is 20.9. The van der Waals surface area contributed by atoms with Crippen molar-refractivity contribution in [1.82, 2.24) is 4.72 Å². The summed E-state index contributed by atoms with van der Waals surface area (Å²) >= 11 is -1.01. The summed E-state index contributed by atoms with van der Waals surface area (Å²) in [5.41, 5.74) is 0.736. The predicted octanol–water partition coefficient (Wildman–Crippen LogP) is 4.64. The molecule has 6 heteroatoms. The Balaban J connectivity index is 1.51. The van der Waals surface area contributed by atoms with Crippen LogP contribution in [-0.4, -0.2) is 21.8 Å². The first kappa shape index (κ1) is 20.7. The van der Waals surface area contributed by atoms with Crippen LogP contribution >= 0.6 is 0 Å². The summed E-state index contributed by atoms with van der Waals surface area (Å²) in [5, 5.41) is 3.12. The normalized spacial score (nSPS) is 20.6. The van der Waals surface area contributed by atoms with Gasteiger partial charge in [-0.2, -0.15) is 0 Å². The molecule has 1 atom stereocenters. The summed E-state index contributed by atoms with van der Waals surface area (Å²) in [4.78, 5) is 12.6. The molecule has 0 saturated heterocycles. The van der Waals surface area contributed by atoms with Crippen LogP contribution in [0.3, 0.4) is 0 Å². The van der Waals surface area contributed by atoms with Crippen LogP contribution in [0.2, 0.25) is 0 Å². The monoisotopic (exact) mass is 400 g/mol. The Kier molecular flexibility index (Phi) is 7.36. The van der Waals surface area contributed by atoms with E-state index in [9.17, 15) is 9.35 Å². The number of ether oxygens (including phenoxy) is 1. The maximum Gasteiger partial charge on any atom is 0.227 e. The summed E-state index contributed by atoms with van der Waals surface area (Å²) in [7, 11) is 0. The molecule has 1 amide bonds. The average molecular weight is 401 g/mol. The Hall–Kier alpha value is -2.02. The predicted molar refractivity (Wildman–Crippen MR) is 114 cm³/mol. The highest BCUT2D eigenvalue weighted by Gasteiger charge is 2.29. The maximum absolute atomic E-state index is 12.6. The van der Waals surface area contributed by atoms with E-state index in [4.69, 9.17) is 4.74 Å². The second-order valence-electron chi connectivity index (χ2n) is 7.44. The molecule has 1 unspecified atom stereocenters. The third kappa shape index (κ3) is 5.99. The molecule has 0 aliphatic heterocycles. The molecule has 1 aliphatic rings. The molecule has 3 rings (SSSR count). The van der Waals surface area contributed by atoms with E-state index in [1.54, 1.807) is 0 Å². The van der Waals surface area contributed by atoms with Crippen molar-refractivity contribution in [3.05, 3.63) is 54.6 Å². The van der Waals surface area contributed by atoms with E-state index in [0.717, 1.165) is 37.1 Å². The van der Waals surface area contributed by atoms with Gasteiger partial charge in [0, 0.05) is 29.0 Å². The van der Waals surface area contributed by atoms with Crippen LogP contribution in [0.15, 0.2) is 54.6 Å². The number of carbonyl (C=O) groups excluding carboxylic acids is 1. The Morgan fingerprint density at radius 1 is 1.04 bits per heavy atom. The van der Waals surface area contributed by atoms with Crippen LogP contribution in [0.4, 0.5) is 5.69 Å². The molecular weight excluding hydrogens is 372 g/mol. The van der Waals surface area contributed by atoms with Crippen LogP contribution < -0.4 is 14.8 Å². The fraction of sp³-hybridized carbons (Fsp3) is 0.409. The van der Waals surface area contributed by atoms with Crippen molar-refractivity contribution in [2.75, 3.05) is 5.32 Å². The SMILES string of the molecule is CC(C)[S+]([O-])NC1CCC(C(=O)Nc2cccc(Oc3ccccc3)c2)CC1. The van der Waals surface area contributed by atoms with Gasteiger partial charge in [0.25, 0.3) is 0 Å². The number of hydrogen-bond acceptors (Lipinski definition) is 4. The fourth-order valence-electron chi connectivity index (χ4n) is 3.28. The number of carbonyl (C=O) groups is 1. The van der Waals surface area contributed by atoms with E-state index >= 15 is 0 Å². The van der Waals surface area contributed by atoms with E-state index in [0.29, 0.717) is 5.75 Å². The molecule has 2 aromatic carbocycles.